The molecule has 0 spiro atoms. The molecule has 2 amide bonds. The molecule has 0 N–H and O–H groups in total. The van der Waals surface area contributed by atoms with E-state index in [2.05, 4.69) is 0 Å². The van der Waals surface area contributed by atoms with Gasteiger partial charge in [-0.2, -0.15) is 0 Å². The van der Waals surface area contributed by atoms with Gasteiger partial charge in [0.1, 0.15) is 5.75 Å². The van der Waals surface area contributed by atoms with Crippen molar-refractivity contribution in [2.24, 2.45) is 0 Å². The molecule has 0 saturated carbocycles. The summed E-state index contributed by atoms with van der Waals surface area (Å²) in [6.45, 7) is 0. The van der Waals surface area contributed by atoms with Gasteiger partial charge in [0, 0.05) is 19.0 Å². The van der Waals surface area contributed by atoms with E-state index in [0.717, 1.165) is 5.56 Å². The summed E-state index contributed by atoms with van der Waals surface area (Å²) in [4.78, 5) is 24.4. The number of ether oxygens (including phenoxy) is 1. The van der Waals surface area contributed by atoms with Crippen LogP contribution in [-0.4, -0.2) is 30.9 Å². The summed E-state index contributed by atoms with van der Waals surface area (Å²) in [7, 11) is 3.07. The number of benzene rings is 1. The first kappa shape index (κ1) is 10.7. The lowest BCUT2D eigenvalue weighted by molar-refractivity contribution is -0.137. The standard InChI is InChI=1S/C12H13NO3/c1-13-11(14)7-9(12(13)15)8-5-3-4-6-10(8)16-2/h3-6,9H,7H2,1-2H3. The normalized spacial score (nSPS) is 20.4. The summed E-state index contributed by atoms with van der Waals surface area (Å²) in [5.74, 6) is -0.0343. The van der Waals surface area contributed by atoms with Crippen molar-refractivity contribution in [3.05, 3.63) is 29.8 Å². The number of nitrogens with zero attached hydrogens (tertiary/aromatic N) is 1. The minimum atomic E-state index is -0.395. The van der Waals surface area contributed by atoms with Gasteiger partial charge in [0.2, 0.25) is 11.8 Å². The molecule has 1 saturated heterocycles. The first-order valence-corrected chi connectivity index (χ1v) is 5.08. The van der Waals surface area contributed by atoms with E-state index >= 15 is 0 Å². The molecule has 1 aliphatic heterocycles. The number of rotatable bonds is 2. The molecule has 1 heterocycles. The van der Waals surface area contributed by atoms with Crippen molar-refractivity contribution in [1.29, 1.82) is 0 Å². The zero-order valence-corrected chi connectivity index (χ0v) is 9.27. The lowest BCUT2D eigenvalue weighted by Crippen LogP contribution is -2.25. The third-order valence-electron chi connectivity index (χ3n) is 2.90. The molecular weight excluding hydrogens is 206 g/mol. The topological polar surface area (TPSA) is 46.6 Å². The van der Waals surface area contributed by atoms with Crippen LogP contribution in [0.25, 0.3) is 0 Å². The molecule has 1 aromatic carbocycles. The molecule has 1 unspecified atom stereocenters. The number of hydrogen-bond donors (Lipinski definition) is 0. The van der Waals surface area contributed by atoms with E-state index < -0.39 is 5.92 Å². The summed E-state index contributed by atoms with van der Waals surface area (Å²) in [6, 6.07) is 7.31. The fourth-order valence-electron chi connectivity index (χ4n) is 1.95. The highest BCUT2D eigenvalue weighted by molar-refractivity contribution is 6.06. The Morgan fingerprint density at radius 1 is 1.31 bits per heavy atom. The van der Waals surface area contributed by atoms with Crippen LogP contribution in [0.1, 0.15) is 17.9 Å². The van der Waals surface area contributed by atoms with E-state index in [0.29, 0.717) is 5.75 Å². The first-order chi connectivity index (χ1) is 7.65. The number of hydrogen-bond acceptors (Lipinski definition) is 3. The van der Waals surface area contributed by atoms with E-state index in [1.807, 2.05) is 18.2 Å². The highest BCUT2D eigenvalue weighted by Crippen LogP contribution is 2.34. The van der Waals surface area contributed by atoms with Gasteiger partial charge in [-0.25, -0.2) is 0 Å². The predicted octanol–water partition coefficient (Wildman–Crippen LogP) is 1.17. The second kappa shape index (κ2) is 3.96. The molecule has 1 aromatic rings. The van der Waals surface area contributed by atoms with Crippen LogP contribution >= 0.6 is 0 Å². The van der Waals surface area contributed by atoms with Crippen molar-refractivity contribution in [3.63, 3.8) is 0 Å². The minimum absolute atomic E-state index is 0.138. The average Bonchev–Trinajstić information content (AvgIpc) is 2.57. The molecule has 4 heteroatoms. The summed E-state index contributed by atoms with van der Waals surface area (Å²) in [5.41, 5.74) is 0.785. The van der Waals surface area contributed by atoms with Gasteiger partial charge in [0.05, 0.1) is 13.0 Å². The number of carbonyl (C=O) groups excluding carboxylic acids is 2. The van der Waals surface area contributed by atoms with Crippen LogP contribution in [0, 0.1) is 0 Å². The van der Waals surface area contributed by atoms with Crippen LogP contribution in [0.4, 0.5) is 0 Å². The Balaban J connectivity index is 2.38. The Morgan fingerprint density at radius 3 is 2.56 bits per heavy atom. The zero-order chi connectivity index (χ0) is 11.7. The number of likely N-dealkylation sites (tertiary alicyclic amines) is 1. The summed E-state index contributed by atoms with van der Waals surface area (Å²) >= 11 is 0. The van der Waals surface area contributed by atoms with Crippen molar-refractivity contribution in [2.45, 2.75) is 12.3 Å². The number of likely N-dealkylation sites (N-methyl/N-ethyl adjacent to an activating group) is 1. The third kappa shape index (κ3) is 1.56. The fraction of sp³-hybridized carbons (Fsp3) is 0.333. The molecule has 1 atom stereocenters. The van der Waals surface area contributed by atoms with Gasteiger partial charge in [-0.3, -0.25) is 14.5 Å². The maximum atomic E-state index is 11.8. The van der Waals surface area contributed by atoms with Gasteiger partial charge in [0.25, 0.3) is 0 Å². The second-order valence-corrected chi connectivity index (χ2v) is 3.79. The number of amides is 2. The van der Waals surface area contributed by atoms with E-state index in [1.165, 1.54) is 11.9 Å². The van der Waals surface area contributed by atoms with Crippen molar-refractivity contribution >= 4 is 11.8 Å². The Kier molecular flexibility index (Phi) is 2.64. The van der Waals surface area contributed by atoms with E-state index in [-0.39, 0.29) is 18.2 Å². The Hall–Kier alpha value is -1.84. The quantitative estimate of drug-likeness (QED) is 0.701. The maximum absolute atomic E-state index is 11.8. The van der Waals surface area contributed by atoms with Crippen molar-refractivity contribution in [3.8, 4) is 5.75 Å². The van der Waals surface area contributed by atoms with Crippen LogP contribution in [0.2, 0.25) is 0 Å². The largest absolute Gasteiger partial charge is 0.496 e. The molecule has 2 rings (SSSR count). The average molecular weight is 219 g/mol. The van der Waals surface area contributed by atoms with Crippen LogP contribution in [0.3, 0.4) is 0 Å². The zero-order valence-electron chi connectivity index (χ0n) is 9.27. The Morgan fingerprint density at radius 2 is 2.00 bits per heavy atom. The van der Waals surface area contributed by atoms with Crippen LogP contribution in [-0.2, 0) is 9.59 Å². The van der Waals surface area contributed by atoms with Gasteiger partial charge in [-0.1, -0.05) is 18.2 Å². The molecule has 1 aliphatic rings. The molecule has 16 heavy (non-hydrogen) atoms. The van der Waals surface area contributed by atoms with Crippen LogP contribution in [0.15, 0.2) is 24.3 Å². The molecule has 4 nitrogen and oxygen atoms in total. The summed E-state index contributed by atoms with van der Waals surface area (Å²) in [6.07, 6.45) is 0.232. The van der Waals surface area contributed by atoms with Gasteiger partial charge in [0.15, 0.2) is 0 Å². The highest BCUT2D eigenvalue weighted by Gasteiger charge is 2.38. The Bertz CT molecular complexity index is 442. The minimum Gasteiger partial charge on any atom is -0.496 e. The van der Waals surface area contributed by atoms with Crippen molar-refractivity contribution in [2.75, 3.05) is 14.2 Å². The van der Waals surface area contributed by atoms with Gasteiger partial charge >= 0.3 is 0 Å². The molecule has 0 aromatic heterocycles. The maximum Gasteiger partial charge on any atom is 0.237 e. The van der Waals surface area contributed by atoms with Gasteiger partial charge in [-0.15, -0.1) is 0 Å². The number of imide groups is 1. The van der Waals surface area contributed by atoms with Gasteiger partial charge in [-0.05, 0) is 6.07 Å². The predicted molar refractivity (Wildman–Crippen MR) is 58.1 cm³/mol. The first-order valence-electron chi connectivity index (χ1n) is 5.08. The molecule has 84 valence electrons. The molecule has 0 radical (unpaired) electrons. The SMILES string of the molecule is COc1ccccc1C1CC(=O)N(C)C1=O. The van der Waals surface area contributed by atoms with Gasteiger partial charge < -0.3 is 4.74 Å². The highest BCUT2D eigenvalue weighted by atomic mass is 16.5. The second-order valence-electron chi connectivity index (χ2n) is 3.79. The lowest BCUT2D eigenvalue weighted by atomic mass is 9.96. The summed E-state index contributed by atoms with van der Waals surface area (Å²) < 4.78 is 5.19. The summed E-state index contributed by atoms with van der Waals surface area (Å²) in [5, 5.41) is 0. The molecule has 1 fully saturated rings. The Labute approximate surface area is 93.8 Å². The number of carbonyl (C=O) groups is 2. The molecule has 0 aliphatic carbocycles. The van der Waals surface area contributed by atoms with Crippen molar-refractivity contribution in [1.82, 2.24) is 4.90 Å². The van der Waals surface area contributed by atoms with E-state index in [9.17, 15) is 9.59 Å². The fourth-order valence-corrected chi connectivity index (χ4v) is 1.95. The number of methoxy groups -OCH3 is 1. The van der Waals surface area contributed by atoms with Crippen LogP contribution in [0.5, 0.6) is 5.75 Å². The van der Waals surface area contributed by atoms with Crippen LogP contribution < -0.4 is 4.74 Å². The van der Waals surface area contributed by atoms with Crippen molar-refractivity contribution < 1.29 is 14.3 Å². The van der Waals surface area contributed by atoms with E-state index in [4.69, 9.17) is 4.74 Å². The monoisotopic (exact) mass is 219 g/mol. The molecular formula is C12H13NO3. The third-order valence-corrected chi connectivity index (χ3v) is 2.90. The smallest absolute Gasteiger partial charge is 0.237 e. The number of para-hydroxylation sites is 1. The van der Waals surface area contributed by atoms with E-state index in [1.54, 1.807) is 13.2 Å². The lowest BCUT2D eigenvalue weighted by Gasteiger charge is -2.12. The molecule has 0 bridgehead atoms.